The Morgan fingerprint density at radius 2 is 2.27 bits per heavy atom. The second-order valence-electron chi connectivity index (χ2n) is 2.89. The van der Waals surface area contributed by atoms with E-state index in [1.165, 1.54) is 0 Å². The molecule has 0 aromatic heterocycles. The molecule has 0 aliphatic carbocycles. The molecule has 2 unspecified atom stereocenters. The van der Waals surface area contributed by atoms with Gasteiger partial charge in [-0.15, -0.1) is 0 Å². The van der Waals surface area contributed by atoms with Crippen molar-refractivity contribution in [2.75, 3.05) is 13.2 Å². The molecule has 0 saturated carbocycles. The summed E-state index contributed by atoms with van der Waals surface area (Å²) in [6.07, 6.45) is 3.31. The number of hydrogen-bond donors (Lipinski definition) is 1. The van der Waals surface area contributed by atoms with Gasteiger partial charge in [0.1, 0.15) is 0 Å². The van der Waals surface area contributed by atoms with Crippen LogP contribution < -0.4 is 5.73 Å². The van der Waals surface area contributed by atoms with Crippen molar-refractivity contribution >= 4 is 0 Å². The van der Waals surface area contributed by atoms with Crippen molar-refractivity contribution in [1.29, 1.82) is 0 Å². The van der Waals surface area contributed by atoms with E-state index in [1.807, 2.05) is 0 Å². The first-order valence-corrected chi connectivity index (χ1v) is 4.34. The van der Waals surface area contributed by atoms with Crippen LogP contribution in [0.4, 0.5) is 0 Å². The van der Waals surface area contributed by atoms with E-state index in [1.54, 1.807) is 0 Å². The largest absolute Gasteiger partial charge is 0.350 e. The van der Waals surface area contributed by atoms with Crippen LogP contribution in [0.25, 0.3) is 0 Å². The summed E-state index contributed by atoms with van der Waals surface area (Å²) >= 11 is 0. The van der Waals surface area contributed by atoms with Gasteiger partial charge in [-0.05, 0) is 19.4 Å². The first-order valence-electron chi connectivity index (χ1n) is 4.34. The van der Waals surface area contributed by atoms with Crippen LogP contribution in [0.5, 0.6) is 0 Å². The molecule has 0 amide bonds. The quantitative estimate of drug-likeness (QED) is 0.662. The van der Waals surface area contributed by atoms with Gasteiger partial charge in [-0.25, -0.2) is 0 Å². The summed E-state index contributed by atoms with van der Waals surface area (Å²) in [5, 5.41) is 0. The fraction of sp³-hybridized carbons (Fsp3) is 1.00. The van der Waals surface area contributed by atoms with Crippen molar-refractivity contribution in [3.8, 4) is 0 Å². The third kappa shape index (κ3) is 2.77. The van der Waals surface area contributed by atoms with Gasteiger partial charge >= 0.3 is 0 Å². The van der Waals surface area contributed by atoms with E-state index < -0.39 is 0 Å². The number of rotatable bonds is 4. The minimum absolute atomic E-state index is 0.0385. The predicted molar refractivity (Wildman–Crippen MR) is 43.2 cm³/mol. The Kier molecular flexibility index (Phi) is 3.83. The van der Waals surface area contributed by atoms with Crippen LogP contribution in [0.3, 0.4) is 0 Å². The van der Waals surface area contributed by atoms with Gasteiger partial charge in [0.2, 0.25) is 0 Å². The smallest absolute Gasteiger partial charge is 0.158 e. The van der Waals surface area contributed by atoms with Gasteiger partial charge in [0.15, 0.2) is 6.29 Å². The van der Waals surface area contributed by atoms with Gasteiger partial charge in [-0.2, -0.15) is 0 Å². The molecule has 2 atom stereocenters. The van der Waals surface area contributed by atoms with E-state index in [2.05, 4.69) is 6.92 Å². The van der Waals surface area contributed by atoms with Crippen molar-refractivity contribution < 1.29 is 9.47 Å². The van der Waals surface area contributed by atoms with Gasteiger partial charge in [-0.1, -0.05) is 13.3 Å². The van der Waals surface area contributed by atoms with Crippen molar-refractivity contribution in [2.45, 2.75) is 38.6 Å². The fourth-order valence-electron chi connectivity index (χ4n) is 1.23. The van der Waals surface area contributed by atoms with Gasteiger partial charge in [0.05, 0.1) is 12.7 Å². The molecule has 0 radical (unpaired) electrons. The van der Waals surface area contributed by atoms with Crippen LogP contribution in [0.1, 0.15) is 26.2 Å². The molecular formula is C8H17NO2. The SMILES string of the molecule is CCCC1OCC(CCN)O1. The van der Waals surface area contributed by atoms with Crippen LogP contribution in [0, 0.1) is 0 Å². The molecule has 0 bridgehead atoms. The topological polar surface area (TPSA) is 44.5 Å². The minimum atomic E-state index is 0.0385. The van der Waals surface area contributed by atoms with Crippen molar-refractivity contribution in [1.82, 2.24) is 0 Å². The maximum absolute atomic E-state index is 5.54. The summed E-state index contributed by atoms with van der Waals surface area (Å²) in [5.74, 6) is 0. The first kappa shape index (κ1) is 8.97. The van der Waals surface area contributed by atoms with Crippen LogP contribution >= 0.6 is 0 Å². The highest BCUT2D eigenvalue weighted by Crippen LogP contribution is 2.17. The summed E-state index contributed by atoms with van der Waals surface area (Å²) in [5.41, 5.74) is 5.39. The van der Waals surface area contributed by atoms with Gasteiger partial charge in [0, 0.05) is 0 Å². The van der Waals surface area contributed by atoms with Crippen molar-refractivity contribution in [2.24, 2.45) is 5.73 Å². The molecular weight excluding hydrogens is 142 g/mol. The summed E-state index contributed by atoms with van der Waals surface area (Å²) in [4.78, 5) is 0. The zero-order valence-electron chi connectivity index (χ0n) is 7.08. The lowest BCUT2D eigenvalue weighted by atomic mass is 10.3. The second kappa shape index (κ2) is 4.70. The molecule has 0 aromatic carbocycles. The standard InChI is InChI=1S/C8H17NO2/c1-2-3-8-10-6-7(11-8)4-5-9/h7-8H,2-6,9H2,1H3. The third-order valence-corrected chi connectivity index (χ3v) is 1.83. The Bertz CT molecular complexity index is 96.3. The highest BCUT2D eigenvalue weighted by molar-refractivity contribution is 4.65. The zero-order chi connectivity index (χ0) is 8.10. The van der Waals surface area contributed by atoms with Crippen molar-refractivity contribution in [3.63, 3.8) is 0 Å². The third-order valence-electron chi connectivity index (χ3n) is 1.83. The lowest BCUT2D eigenvalue weighted by Crippen LogP contribution is -2.16. The molecule has 1 fully saturated rings. The normalized spacial score (nSPS) is 31.1. The maximum Gasteiger partial charge on any atom is 0.158 e. The monoisotopic (exact) mass is 159 g/mol. The van der Waals surface area contributed by atoms with E-state index in [4.69, 9.17) is 15.2 Å². The maximum atomic E-state index is 5.54. The zero-order valence-corrected chi connectivity index (χ0v) is 7.08. The molecule has 66 valence electrons. The van der Waals surface area contributed by atoms with E-state index in [9.17, 15) is 0 Å². The van der Waals surface area contributed by atoms with Crippen molar-refractivity contribution in [3.05, 3.63) is 0 Å². The van der Waals surface area contributed by atoms with Crippen LogP contribution in [-0.2, 0) is 9.47 Å². The lowest BCUT2D eigenvalue weighted by molar-refractivity contribution is -0.0626. The molecule has 0 aromatic rings. The number of hydrogen-bond acceptors (Lipinski definition) is 3. The molecule has 2 N–H and O–H groups in total. The summed E-state index contributed by atoms with van der Waals surface area (Å²) in [6.45, 7) is 3.54. The van der Waals surface area contributed by atoms with Gasteiger partial charge < -0.3 is 15.2 Å². The molecule has 3 nitrogen and oxygen atoms in total. The number of ether oxygens (including phenoxy) is 2. The highest BCUT2D eigenvalue weighted by Gasteiger charge is 2.23. The van der Waals surface area contributed by atoms with Gasteiger partial charge in [0.25, 0.3) is 0 Å². The van der Waals surface area contributed by atoms with E-state index >= 15 is 0 Å². The molecule has 1 heterocycles. The Morgan fingerprint density at radius 3 is 2.91 bits per heavy atom. The highest BCUT2D eigenvalue weighted by atomic mass is 16.7. The summed E-state index contributed by atoms with van der Waals surface area (Å²) < 4.78 is 10.9. The predicted octanol–water partition coefficient (Wildman–Crippen LogP) is 0.877. The first-order chi connectivity index (χ1) is 5.36. The molecule has 1 rings (SSSR count). The number of nitrogens with two attached hydrogens (primary N) is 1. The molecule has 11 heavy (non-hydrogen) atoms. The Labute approximate surface area is 67.9 Å². The van der Waals surface area contributed by atoms with Crippen LogP contribution in [0.15, 0.2) is 0 Å². The average molecular weight is 159 g/mol. The lowest BCUT2D eigenvalue weighted by Gasteiger charge is -2.08. The summed E-state index contributed by atoms with van der Waals surface area (Å²) in [6, 6.07) is 0. The Morgan fingerprint density at radius 1 is 1.45 bits per heavy atom. The Hall–Kier alpha value is -0.120. The van der Waals surface area contributed by atoms with Crippen LogP contribution in [-0.4, -0.2) is 25.5 Å². The Balaban J connectivity index is 2.12. The van der Waals surface area contributed by atoms with E-state index in [0.717, 1.165) is 25.9 Å². The van der Waals surface area contributed by atoms with E-state index in [0.29, 0.717) is 6.54 Å². The molecule has 1 saturated heterocycles. The summed E-state index contributed by atoms with van der Waals surface area (Å²) in [7, 11) is 0. The fourth-order valence-corrected chi connectivity index (χ4v) is 1.23. The van der Waals surface area contributed by atoms with Gasteiger partial charge in [-0.3, -0.25) is 0 Å². The second-order valence-corrected chi connectivity index (χ2v) is 2.89. The average Bonchev–Trinajstić information content (AvgIpc) is 2.38. The molecule has 1 aliphatic heterocycles. The molecule has 1 aliphatic rings. The minimum Gasteiger partial charge on any atom is -0.350 e. The molecule has 3 heteroatoms. The van der Waals surface area contributed by atoms with E-state index in [-0.39, 0.29) is 12.4 Å². The van der Waals surface area contributed by atoms with Crippen LogP contribution in [0.2, 0.25) is 0 Å². The molecule has 0 spiro atoms.